The summed E-state index contributed by atoms with van der Waals surface area (Å²) in [6.07, 6.45) is 2.46. The summed E-state index contributed by atoms with van der Waals surface area (Å²) in [5, 5.41) is 15.0. The second-order valence-corrected chi connectivity index (χ2v) is 5.00. The molecule has 0 fully saturated rings. The molecule has 0 aliphatic rings. The highest BCUT2D eigenvalue weighted by molar-refractivity contribution is 5.89. The molecule has 0 aliphatic carbocycles. The van der Waals surface area contributed by atoms with E-state index in [9.17, 15) is 9.90 Å². The van der Waals surface area contributed by atoms with E-state index in [0.717, 1.165) is 31.4 Å². The third kappa shape index (κ3) is 7.68. The number of rotatable bonds is 9. The van der Waals surface area contributed by atoms with Crippen molar-refractivity contribution in [3.05, 3.63) is 29.8 Å². The number of carbonyl (C=O) groups is 1. The first-order valence-electron chi connectivity index (χ1n) is 7.54. The zero-order valence-electron chi connectivity index (χ0n) is 12.9. The molecule has 0 saturated carbocycles. The van der Waals surface area contributed by atoms with Crippen LogP contribution in [0.3, 0.4) is 0 Å². The van der Waals surface area contributed by atoms with E-state index < -0.39 is 6.10 Å². The standard InChI is InChI=1S/C16H26N2O3/c1-3-4-10-21-11-6-9-17-16(20)18-15-8-5-7-14(12-15)13(2)19/h5,7-8,12-13,19H,3-4,6,9-11H2,1-2H3,(H2,17,18,20). The van der Waals surface area contributed by atoms with Crippen molar-refractivity contribution >= 4 is 11.7 Å². The summed E-state index contributed by atoms with van der Waals surface area (Å²) in [5.74, 6) is 0. The minimum Gasteiger partial charge on any atom is -0.389 e. The van der Waals surface area contributed by atoms with Gasteiger partial charge in [-0.05, 0) is 37.5 Å². The highest BCUT2D eigenvalue weighted by Crippen LogP contribution is 2.16. The summed E-state index contributed by atoms with van der Waals surface area (Å²) in [5.41, 5.74) is 1.45. The van der Waals surface area contributed by atoms with E-state index >= 15 is 0 Å². The smallest absolute Gasteiger partial charge is 0.319 e. The molecular formula is C16H26N2O3. The third-order valence-electron chi connectivity index (χ3n) is 3.02. The van der Waals surface area contributed by atoms with E-state index in [2.05, 4.69) is 17.6 Å². The Balaban J connectivity index is 2.20. The lowest BCUT2D eigenvalue weighted by molar-refractivity contribution is 0.129. The Kier molecular flexibility index (Phi) is 8.47. The van der Waals surface area contributed by atoms with E-state index in [1.165, 1.54) is 0 Å². The van der Waals surface area contributed by atoms with Crippen molar-refractivity contribution in [2.45, 2.75) is 39.2 Å². The Morgan fingerprint density at radius 3 is 2.81 bits per heavy atom. The van der Waals surface area contributed by atoms with Gasteiger partial charge in [-0.25, -0.2) is 4.79 Å². The van der Waals surface area contributed by atoms with Crippen LogP contribution in [0.5, 0.6) is 0 Å². The van der Waals surface area contributed by atoms with Crippen LogP contribution in [0.4, 0.5) is 10.5 Å². The molecule has 1 atom stereocenters. The Bertz CT molecular complexity index is 422. The number of hydrogen-bond donors (Lipinski definition) is 3. The fourth-order valence-electron chi connectivity index (χ4n) is 1.78. The second-order valence-electron chi connectivity index (χ2n) is 5.00. The van der Waals surface area contributed by atoms with Crippen LogP contribution < -0.4 is 10.6 Å². The van der Waals surface area contributed by atoms with Gasteiger partial charge >= 0.3 is 6.03 Å². The van der Waals surface area contributed by atoms with E-state index in [-0.39, 0.29) is 6.03 Å². The number of benzene rings is 1. The molecule has 5 heteroatoms. The Morgan fingerprint density at radius 2 is 2.10 bits per heavy atom. The van der Waals surface area contributed by atoms with E-state index in [4.69, 9.17) is 4.74 Å². The summed E-state index contributed by atoms with van der Waals surface area (Å²) in [7, 11) is 0. The minimum atomic E-state index is -0.546. The Morgan fingerprint density at radius 1 is 1.33 bits per heavy atom. The molecule has 1 aromatic rings. The first-order valence-corrected chi connectivity index (χ1v) is 7.54. The fraction of sp³-hybridized carbons (Fsp3) is 0.562. The average molecular weight is 294 g/mol. The molecule has 1 aromatic carbocycles. The van der Waals surface area contributed by atoms with Crippen molar-refractivity contribution in [3.8, 4) is 0 Å². The number of nitrogens with one attached hydrogen (secondary N) is 2. The van der Waals surface area contributed by atoms with Gasteiger partial charge in [0.2, 0.25) is 0 Å². The first-order chi connectivity index (χ1) is 10.1. The van der Waals surface area contributed by atoms with Crippen molar-refractivity contribution < 1.29 is 14.6 Å². The van der Waals surface area contributed by atoms with E-state index in [1.54, 1.807) is 25.1 Å². The molecule has 0 heterocycles. The number of ether oxygens (including phenoxy) is 1. The summed E-state index contributed by atoms with van der Waals surface area (Å²) in [6, 6.07) is 6.93. The molecule has 0 aromatic heterocycles. The Hall–Kier alpha value is -1.59. The lowest BCUT2D eigenvalue weighted by atomic mass is 10.1. The molecule has 1 unspecified atom stereocenters. The van der Waals surface area contributed by atoms with Gasteiger partial charge in [-0.1, -0.05) is 25.5 Å². The van der Waals surface area contributed by atoms with Crippen LogP contribution >= 0.6 is 0 Å². The maximum atomic E-state index is 11.7. The average Bonchev–Trinajstić information content (AvgIpc) is 2.46. The molecule has 0 spiro atoms. The van der Waals surface area contributed by atoms with Gasteiger partial charge in [0.1, 0.15) is 0 Å². The molecule has 0 saturated heterocycles. The van der Waals surface area contributed by atoms with Crippen LogP contribution in [0.15, 0.2) is 24.3 Å². The molecular weight excluding hydrogens is 268 g/mol. The van der Waals surface area contributed by atoms with E-state index in [0.29, 0.717) is 18.8 Å². The number of aliphatic hydroxyl groups excluding tert-OH is 1. The molecule has 5 nitrogen and oxygen atoms in total. The summed E-state index contributed by atoms with van der Waals surface area (Å²) < 4.78 is 5.42. The van der Waals surface area contributed by atoms with Crippen LogP contribution in [0, 0.1) is 0 Å². The van der Waals surface area contributed by atoms with Crippen LogP contribution in [0.1, 0.15) is 44.8 Å². The SMILES string of the molecule is CCCCOCCCNC(=O)Nc1cccc(C(C)O)c1. The lowest BCUT2D eigenvalue weighted by Gasteiger charge is -2.10. The number of amides is 2. The van der Waals surface area contributed by atoms with Crippen molar-refractivity contribution in [1.82, 2.24) is 5.32 Å². The normalized spacial score (nSPS) is 12.0. The Labute approximate surface area is 126 Å². The van der Waals surface area contributed by atoms with Gasteiger partial charge in [0.15, 0.2) is 0 Å². The number of carbonyl (C=O) groups excluding carboxylic acids is 1. The van der Waals surface area contributed by atoms with Gasteiger partial charge in [0, 0.05) is 25.4 Å². The maximum absolute atomic E-state index is 11.7. The molecule has 21 heavy (non-hydrogen) atoms. The number of unbranched alkanes of at least 4 members (excludes halogenated alkanes) is 1. The molecule has 0 aliphatic heterocycles. The van der Waals surface area contributed by atoms with Crippen molar-refractivity contribution in [2.24, 2.45) is 0 Å². The largest absolute Gasteiger partial charge is 0.389 e. The summed E-state index contributed by atoms with van der Waals surface area (Å²) in [4.78, 5) is 11.7. The zero-order valence-corrected chi connectivity index (χ0v) is 12.9. The van der Waals surface area contributed by atoms with Crippen LogP contribution in [-0.2, 0) is 4.74 Å². The molecule has 3 N–H and O–H groups in total. The van der Waals surface area contributed by atoms with Crippen molar-refractivity contribution in [3.63, 3.8) is 0 Å². The minimum absolute atomic E-state index is 0.244. The predicted octanol–water partition coefficient (Wildman–Crippen LogP) is 3.07. The quantitative estimate of drug-likeness (QED) is 0.613. The van der Waals surface area contributed by atoms with Gasteiger partial charge in [-0.2, -0.15) is 0 Å². The number of hydrogen-bond acceptors (Lipinski definition) is 3. The lowest BCUT2D eigenvalue weighted by Crippen LogP contribution is -2.30. The summed E-state index contributed by atoms with van der Waals surface area (Å²) >= 11 is 0. The van der Waals surface area contributed by atoms with Crippen LogP contribution in [0.2, 0.25) is 0 Å². The first kappa shape index (κ1) is 17.5. The molecule has 2 amide bonds. The topological polar surface area (TPSA) is 70.6 Å². The van der Waals surface area contributed by atoms with Crippen LogP contribution in [0.25, 0.3) is 0 Å². The zero-order chi connectivity index (χ0) is 15.5. The van der Waals surface area contributed by atoms with Crippen molar-refractivity contribution in [1.29, 1.82) is 0 Å². The maximum Gasteiger partial charge on any atom is 0.319 e. The number of aliphatic hydroxyl groups is 1. The number of anilines is 1. The molecule has 1 rings (SSSR count). The molecule has 0 radical (unpaired) electrons. The van der Waals surface area contributed by atoms with E-state index in [1.807, 2.05) is 6.07 Å². The van der Waals surface area contributed by atoms with Crippen LogP contribution in [-0.4, -0.2) is 30.9 Å². The highest BCUT2D eigenvalue weighted by Gasteiger charge is 2.04. The van der Waals surface area contributed by atoms with Gasteiger partial charge < -0.3 is 20.5 Å². The number of urea groups is 1. The predicted molar refractivity (Wildman–Crippen MR) is 84.4 cm³/mol. The monoisotopic (exact) mass is 294 g/mol. The second kappa shape index (κ2) is 10.2. The van der Waals surface area contributed by atoms with Gasteiger partial charge in [-0.3, -0.25) is 0 Å². The molecule has 0 bridgehead atoms. The summed E-state index contributed by atoms with van der Waals surface area (Å²) in [6.45, 7) is 5.85. The highest BCUT2D eigenvalue weighted by atomic mass is 16.5. The fourth-order valence-corrected chi connectivity index (χ4v) is 1.78. The van der Waals surface area contributed by atoms with Gasteiger partial charge in [0.05, 0.1) is 6.10 Å². The van der Waals surface area contributed by atoms with Gasteiger partial charge in [0.25, 0.3) is 0 Å². The van der Waals surface area contributed by atoms with Gasteiger partial charge in [-0.15, -0.1) is 0 Å². The molecule has 118 valence electrons. The third-order valence-corrected chi connectivity index (χ3v) is 3.02. The van der Waals surface area contributed by atoms with Crippen molar-refractivity contribution in [2.75, 3.05) is 25.1 Å².